The first kappa shape index (κ1) is 72.6. The van der Waals surface area contributed by atoms with Crippen LogP contribution in [0.5, 0.6) is 0 Å². The van der Waals surface area contributed by atoms with Crippen molar-refractivity contribution in [1.82, 2.24) is 30.4 Å². The van der Waals surface area contributed by atoms with Crippen LogP contribution in [0.25, 0.3) is 42.4 Å². The summed E-state index contributed by atoms with van der Waals surface area (Å²) in [4.78, 5) is 40.4. The molecule has 10 rings (SSSR count). The molecular weight excluding hydrogens is 1320 g/mol. The summed E-state index contributed by atoms with van der Waals surface area (Å²) in [5.74, 6) is -2.98. The lowest BCUT2D eigenvalue weighted by atomic mass is 9.89. The number of pyridine rings is 2. The van der Waals surface area contributed by atoms with Crippen molar-refractivity contribution in [2.24, 2.45) is 0 Å². The van der Waals surface area contributed by atoms with Gasteiger partial charge in [-0.25, -0.2) is 17.6 Å². The van der Waals surface area contributed by atoms with Gasteiger partial charge in [0.05, 0.1) is 30.2 Å². The smallest absolute Gasteiger partial charge is 0.266 e. The number of fused-ring (bicyclic) bond motifs is 2. The third kappa shape index (κ3) is 17.6. The molecule has 0 radical (unpaired) electrons. The highest BCUT2D eigenvalue weighted by molar-refractivity contribution is 8.98. The summed E-state index contributed by atoms with van der Waals surface area (Å²) in [5.41, 5.74) is 8.35. The van der Waals surface area contributed by atoms with Crippen LogP contribution in [-0.4, -0.2) is 69.8 Å². The molecule has 0 saturated heterocycles. The topological polar surface area (TPSA) is 90.5 Å². The number of rotatable bonds is 14. The fraction of sp³-hybridized carbons (Fsp3) is 0.322. The molecule has 8 nitrogen and oxygen atoms in total. The maximum absolute atomic E-state index is 14.6. The first-order valence-corrected chi connectivity index (χ1v) is 40.6. The van der Waals surface area contributed by atoms with E-state index in [0.29, 0.717) is 25.2 Å². The standard InChI is InChI=1S/2C29H28ClF2N3OS.CH4.2ClH.H9P7/c2*1-17-3-4-19(18-11-13-34-14-12-18)15-20(17)16-35(22-7-5-21(33-2)6-8-22)29(36)28-26(30)25-23(31)9-10-24(32)27(25)37-28;;;;1-5-7(4)6(2)3/h2*3-4,9-15,21-22,33H,5-8,16H2,1-2H3;1H4;2*1H;5H,1-4H2. The molecule has 452 valence electrons. The van der Waals surface area contributed by atoms with E-state index in [1.165, 1.54) is 0 Å². The minimum atomic E-state index is -0.626. The number of aromatic nitrogens is 2. The molecule has 6 unspecified atom stereocenters. The van der Waals surface area contributed by atoms with Gasteiger partial charge in [-0.2, -0.15) is 0 Å². The van der Waals surface area contributed by atoms with E-state index in [4.69, 9.17) is 23.2 Å². The van der Waals surface area contributed by atoms with E-state index in [-0.39, 0.29) is 110 Å². The van der Waals surface area contributed by atoms with Crippen LogP contribution in [0.3, 0.4) is 0 Å². The number of aryl methyl sites for hydroxylation is 2. The van der Waals surface area contributed by atoms with Gasteiger partial charge in [-0.1, -0.05) is 62.9 Å². The molecule has 2 N–H and O–H groups in total. The summed E-state index contributed by atoms with van der Waals surface area (Å²) in [7, 11) is 16.3. The monoisotopic (exact) mass is 1390 g/mol. The number of nitrogens with one attached hydrogen (secondary N) is 2. The molecular formula is C59H71Cl4F4N6O2P7S2. The number of carbonyl (C=O) groups is 2. The summed E-state index contributed by atoms with van der Waals surface area (Å²) in [6.45, 7) is 5.28. The summed E-state index contributed by atoms with van der Waals surface area (Å²) in [6.07, 6.45) is 14.2. The highest BCUT2D eigenvalue weighted by Crippen LogP contribution is 2.92. The molecule has 2 amide bonds. The van der Waals surface area contributed by atoms with E-state index in [0.717, 1.165) is 151 Å². The van der Waals surface area contributed by atoms with E-state index < -0.39 is 23.3 Å². The molecule has 0 bridgehead atoms. The summed E-state index contributed by atoms with van der Waals surface area (Å²) in [6, 6.07) is 25.4. The van der Waals surface area contributed by atoms with Crippen LogP contribution in [0, 0.1) is 37.1 Å². The average Bonchev–Trinajstić information content (AvgIpc) is 3.73. The Kier molecular flexibility index (Phi) is 29.5. The van der Waals surface area contributed by atoms with Crippen LogP contribution in [0.4, 0.5) is 17.6 Å². The van der Waals surface area contributed by atoms with Crippen molar-refractivity contribution in [1.29, 1.82) is 0 Å². The predicted octanol–water partition coefficient (Wildman–Crippen LogP) is 19.9. The second kappa shape index (κ2) is 34.2. The number of nitrogens with zero attached hydrogens (tertiary/aromatic N) is 4. The molecule has 8 aromatic rings. The summed E-state index contributed by atoms with van der Waals surface area (Å²) >= 11 is 14.9. The Morgan fingerprint density at radius 1 is 0.583 bits per heavy atom. The average molecular weight is 1400 g/mol. The van der Waals surface area contributed by atoms with Gasteiger partial charge in [-0.05, 0) is 198 Å². The molecule has 4 aromatic carbocycles. The lowest BCUT2D eigenvalue weighted by molar-refractivity contribution is 0.0599. The largest absolute Gasteiger partial charge is 0.331 e. The normalized spacial score (nSPS) is 17.0. The number of hydrogen-bond acceptors (Lipinski definition) is 8. The number of carbonyl (C=O) groups excluding carboxylic acids is 2. The Morgan fingerprint density at radius 3 is 1.23 bits per heavy atom. The van der Waals surface area contributed by atoms with E-state index in [1.54, 1.807) is 24.8 Å². The van der Waals surface area contributed by atoms with Crippen molar-refractivity contribution >= 4 is 160 Å². The van der Waals surface area contributed by atoms with Gasteiger partial charge < -0.3 is 20.4 Å². The second-order valence-corrected chi connectivity index (χ2v) is 45.0. The lowest BCUT2D eigenvalue weighted by Crippen LogP contribution is -2.44. The number of benzene rings is 4. The quantitative estimate of drug-likeness (QED) is 0.0833. The van der Waals surface area contributed by atoms with E-state index >= 15 is 0 Å². The Bertz CT molecular complexity index is 3260. The Labute approximate surface area is 535 Å². The Morgan fingerprint density at radius 2 is 0.929 bits per heavy atom. The maximum Gasteiger partial charge on any atom is 0.266 e. The van der Waals surface area contributed by atoms with Gasteiger partial charge >= 0.3 is 0 Å². The van der Waals surface area contributed by atoms with Crippen molar-refractivity contribution in [3.63, 3.8) is 0 Å². The third-order valence-corrected chi connectivity index (χ3v) is 49.0. The zero-order valence-corrected chi connectivity index (χ0v) is 58.2. The molecule has 2 aliphatic carbocycles. The Hall–Kier alpha value is -2.15. The number of halogens is 8. The van der Waals surface area contributed by atoms with Crippen molar-refractivity contribution in [2.45, 2.75) is 110 Å². The number of amides is 2. The number of hydrogen-bond donors (Lipinski definition) is 2. The fourth-order valence-electron chi connectivity index (χ4n) is 10.4. The zero-order chi connectivity index (χ0) is 58.1. The first-order valence-electron chi connectivity index (χ1n) is 26.3. The molecule has 25 heteroatoms. The zero-order valence-electron chi connectivity index (χ0n) is 46.0. The maximum atomic E-state index is 14.6. The molecule has 2 aliphatic rings. The van der Waals surface area contributed by atoms with Gasteiger partial charge in [0, 0.05) is 62.0 Å². The van der Waals surface area contributed by atoms with Gasteiger partial charge in [0.2, 0.25) is 0 Å². The van der Waals surface area contributed by atoms with Crippen LogP contribution in [0.1, 0.15) is 100 Å². The van der Waals surface area contributed by atoms with Crippen molar-refractivity contribution in [3.05, 3.63) is 175 Å². The van der Waals surface area contributed by atoms with E-state index in [9.17, 15) is 27.2 Å². The van der Waals surface area contributed by atoms with Gasteiger partial charge in [0.1, 0.15) is 33.0 Å². The lowest BCUT2D eigenvalue weighted by Gasteiger charge is -2.37. The van der Waals surface area contributed by atoms with E-state index in [1.807, 2.05) is 62.0 Å². The van der Waals surface area contributed by atoms with Gasteiger partial charge in [0.15, 0.2) is 0 Å². The first-order chi connectivity index (χ1) is 38.9. The molecule has 6 atom stereocenters. The van der Waals surface area contributed by atoms with E-state index in [2.05, 4.69) is 92.7 Å². The number of thiophene rings is 2. The van der Waals surface area contributed by atoms with Gasteiger partial charge in [-0.3, -0.25) is 19.6 Å². The third-order valence-electron chi connectivity index (χ3n) is 15.2. The highest BCUT2D eigenvalue weighted by atomic mass is 35.5. The molecule has 84 heavy (non-hydrogen) atoms. The summed E-state index contributed by atoms with van der Waals surface area (Å²) in [5, 5.41) is 6.60. The van der Waals surface area contributed by atoms with Crippen LogP contribution >= 0.6 is 128 Å². The van der Waals surface area contributed by atoms with Crippen LogP contribution < -0.4 is 10.6 Å². The highest BCUT2D eigenvalue weighted by Gasteiger charge is 2.35. The van der Waals surface area contributed by atoms with Gasteiger partial charge in [0.25, 0.3) is 11.8 Å². The molecule has 4 heterocycles. The fourth-order valence-corrected chi connectivity index (χ4v) is 29.5. The van der Waals surface area contributed by atoms with Crippen molar-refractivity contribution < 1.29 is 27.2 Å². The Balaban J connectivity index is 0.000000267. The SMILES string of the molecule is C.CNC1CCC(N(Cc2cc(-c3ccncc3)ccc2C)C(=O)c2sc3c(F)ccc(F)c3c2Cl)CC1.CNC1CCC(N(Cc2cc(-c3ccncc3)ccc2C)C(=O)c2sc3c(F)ccc(F)c3c2Cl)CC1.Cl.Cl.PPP(P)P(P)P. The molecule has 0 spiro atoms. The molecule has 0 aliphatic heterocycles. The minimum absolute atomic E-state index is 0. The van der Waals surface area contributed by atoms with Crippen molar-refractivity contribution in [2.75, 3.05) is 14.1 Å². The molecule has 2 fully saturated rings. The van der Waals surface area contributed by atoms with Crippen LogP contribution in [0.2, 0.25) is 10.0 Å². The second-order valence-electron chi connectivity index (χ2n) is 20.0. The minimum Gasteiger partial charge on any atom is -0.331 e. The predicted molar refractivity (Wildman–Crippen MR) is 374 cm³/mol. The van der Waals surface area contributed by atoms with Crippen molar-refractivity contribution in [3.8, 4) is 22.3 Å². The van der Waals surface area contributed by atoms with Crippen LogP contribution in [-0.2, 0) is 13.1 Å². The summed E-state index contributed by atoms with van der Waals surface area (Å²) < 4.78 is 58.3. The van der Waals surface area contributed by atoms with Gasteiger partial charge in [-0.15, -0.1) is 83.2 Å². The van der Waals surface area contributed by atoms with Crippen LogP contribution in [0.15, 0.2) is 110 Å². The molecule has 2 saturated carbocycles. The molecule has 4 aromatic heterocycles.